The number of ether oxygens (including phenoxy) is 1. The molecule has 0 saturated heterocycles. The molecule has 0 spiro atoms. The van der Waals surface area contributed by atoms with E-state index in [-0.39, 0.29) is 4.90 Å². The molecule has 1 aliphatic rings. The zero-order valence-electron chi connectivity index (χ0n) is 9.14. The van der Waals surface area contributed by atoms with Crippen LogP contribution >= 0.6 is 15.9 Å². The van der Waals surface area contributed by atoms with Gasteiger partial charge in [-0.05, 0) is 37.1 Å². The van der Waals surface area contributed by atoms with Crippen LogP contribution in [0.15, 0.2) is 33.6 Å². The van der Waals surface area contributed by atoms with E-state index < -0.39 is 20.6 Å². The molecule has 6 heteroatoms. The molecular weight excluding hydrogens is 308 g/mol. The van der Waals surface area contributed by atoms with E-state index in [0.29, 0.717) is 12.8 Å². The second kappa shape index (κ2) is 4.10. The predicted octanol–water partition coefficient (Wildman–Crippen LogP) is 1.93. The summed E-state index contributed by atoms with van der Waals surface area (Å²) in [5, 5.41) is 0. The molecule has 0 radical (unpaired) electrons. The van der Waals surface area contributed by atoms with Gasteiger partial charge >= 0.3 is 5.97 Å². The third-order valence-corrected chi connectivity index (χ3v) is 5.93. The average molecular weight is 319 g/mol. The van der Waals surface area contributed by atoms with Crippen molar-refractivity contribution in [3.8, 4) is 0 Å². The SMILES string of the molecule is COC(=O)C1(S(=O)(=O)c2ccc(Br)cc2)CC1. The molecule has 0 heterocycles. The summed E-state index contributed by atoms with van der Waals surface area (Å²) < 4.78 is 28.6. The molecule has 0 atom stereocenters. The van der Waals surface area contributed by atoms with Crippen molar-refractivity contribution in [3.05, 3.63) is 28.7 Å². The first-order valence-corrected chi connectivity index (χ1v) is 7.30. The van der Waals surface area contributed by atoms with E-state index in [9.17, 15) is 13.2 Å². The van der Waals surface area contributed by atoms with Gasteiger partial charge in [0.1, 0.15) is 0 Å². The summed E-state index contributed by atoms with van der Waals surface area (Å²) in [5.74, 6) is -0.666. The molecule has 92 valence electrons. The molecule has 4 nitrogen and oxygen atoms in total. The Morgan fingerprint density at radius 1 is 1.29 bits per heavy atom. The van der Waals surface area contributed by atoms with E-state index in [0.717, 1.165) is 4.47 Å². The topological polar surface area (TPSA) is 60.4 Å². The minimum absolute atomic E-state index is 0.156. The minimum atomic E-state index is -3.65. The molecule has 0 aromatic heterocycles. The van der Waals surface area contributed by atoms with Gasteiger partial charge in [-0.1, -0.05) is 15.9 Å². The quantitative estimate of drug-likeness (QED) is 0.799. The fraction of sp³-hybridized carbons (Fsp3) is 0.364. The molecule has 0 unspecified atom stereocenters. The Morgan fingerprint density at radius 3 is 2.24 bits per heavy atom. The molecule has 1 fully saturated rings. The van der Waals surface area contributed by atoms with Gasteiger partial charge in [0, 0.05) is 4.47 Å². The maximum Gasteiger partial charge on any atom is 0.327 e. The largest absolute Gasteiger partial charge is 0.468 e. The first kappa shape index (κ1) is 12.6. The monoisotopic (exact) mass is 318 g/mol. The Kier molecular flexibility index (Phi) is 3.03. The molecule has 0 bridgehead atoms. The number of sulfone groups is 1. The lowest BCUT2D eigenvalue weighted by molar-refractivity contribution is -0.140. The maximum atomic E-state index is 12.3. The van der Waals surface area contributed by atoms with Crippen LogP contribution in [0.3, 0.4) is 0 Å². The van der Waals surface area contributed by atoms with Crippen LogP contribution in [0.5, 0.6) is 0 Å². The van der Waals surface area contributed by atoms with E-state index in [1.165, 1.54) is 19.2 Å². The van der Waals surface area contributed by atoms with Crippen LogP contribution in [0.1, 0.15) is 12.8 Å². The number of hydrogen-bond acceptors (Lipinski definition) is 4. The van der Waals surface area contributed by atoms with Gasteiger partial charge in [-0.25, -0.2) is 8.42 Å². The molecule has 0 N–H and O–H groups in total. The lowest BCUT2D eigenvalue weighted by Crippen LogP contribution is -2.33. The zero-order chi connectivity index (χ0) is 12.7. The lowest BCUT2D eigenvalue weighted by atomic mass is 10.4. The normalized spacial score (nSPS) is 17.5. The molecule has 2 rings (SSSR count). The number of halogens is 1. The number of methoxy groups -OCH3 is 1. The van der Waals surface area contributed by atoms with Crippen molar-refractivity contribution in [1.82, 2.24) is 0 Å². The summed E-state index contributed by atoms with van der Waals surface area (Å²) in [5.41, 5.74) is 0. The molecule has 0 amide bonds. The summed E-state index contributed by atoms with van der Waals surface area (Å²) in [4.78, 5) is 11.7. The third-order valence-electron chi connectivity index (χ3n) is 2.90. The lowest BCUT2D eigenvalue weighted by Gasteiger charge is -2.13. The molecule has 1 aromatic carbocycles. The van der Waals surface area contributed by atoms with Crippen LogP contribution < -0.4 is 0 Å². The Labute approximate surface area is 108 Å². The summed E-state index contributed by atoms with van der Waals surface area (Å²) in [6, 6.07) is 6.26. The summed E-state index contributed by atoms with van der Waals surface area (Å²) >= 11 is 3.23. The molecule has 1 aliphatic carbocycles. The second-order valence-electron chi connectivity index (χ2n) is 3.94. The van der Waals surface area contributed by atoms with Gasteiger partial charge in [0.05, 0.1) is 12.0 Å². The van der Waals surface area contributed by atoms with Crippen molar-refractivity contribution < 1.29 is 17.9 Å². The van der Waals surface area contributed by atoms with E-state index in [2.05, 4.69) is 20.7 Å². The molecule has 17 heavy (non-hydrogen) atoms. The minimum Gasteiger partial charge on any atom is -0.468 e. The van der Waals surface area contributed by atoms with Crippen molar-refractivity contribution in [2.75, 3.05) is 7.11 Å². The van der Waals surface area contributed by atoms with Gasteiger partial charge < -0.3 is 4.74 Å². The predicted molar refractivity (Wildman–Crippen MR) is 65.3 cm³/mol. The van der Waals surface area contributed by atoms with Gasteiger partial charge in [-0.2, -0.15) is 0 Å². The van der Waals surface area contributed by atoms with Crippen LogP contribution in [-0.2, 0) is 19.4 Å². The summed E-state index contributed by atoms with van der Waals surface area (Å²) in [7, 11) is -2.44. The van der Waals surface area contributed by atoms with Crippen LogP contribution in [0.2, 0.25) is 0 Å². The Bertz CT molecular complexity index is 543. The van der Waals surface area contributed by atoms with E-state index >= 15 is 0 Å². The maximum absolute atomic E-state index is 12.3. The number of carbonyl (C=O) groups excluding carboxylic acids is 1. The average Bonchev–Trinajstić information content (AvgIpc) is 3.10. The van der Waals surface area contributed by atoms with Crippen molar-refractivity contribution in [1.29, 1.82) is 0 Å². The van der Waals surface area contributed by atoms with Gasteiger partial charge in [0.15, 0.2) is 14.6 Å². The van der Waals surface area contributed by atoms with Crippen LogP contribution in [-0.4, -0.2) is 26.2 Å². The van der Waals surface area contributed by atoms with Gasteiger partial charge in [-0.3, -0.25) is 4.79 Å². The molecule has 0 aliphatic heterocycles. The van der Waals surface area contributed by atoms with Crippen LogP contribution in [0.25, 0.3) is 0 Å². The standard InChI is InChI=1S/C11H11BrO4S/c1-16-10(13)11(6-7-11)17(14,15)9-4-2-8(12)3-5-9/h2-5H,6-7H2,1H3. The van der Waals surface area contributed by atoms with Gasteiger partial charge in [0.2, 0.25) is 0 Å². The smallest absolute Gasteiger partial charge is 0.327 e. The first-order chi connectivity index (χ1) is 7.94. The van der Waals surface area contributed by atoms with E-state index in [4.69, 9.17) is 0 Å². The van der Waals surface area contributed by atoms with Crippen LogP contribution in [0.4, 0.5) is 0 Å². The van der Waals surface area contributed by atoms with Gasteiger partial charge in [-0.15, -0.1) is 0 Å². The zero-order valence-corrected chi connectivity index (χ0v) is 11.5. The number of rotatable bonds is 3. The highest BCUT2D eigenvalue weighted by Crippen LogP contribution is 2.47. The van der Waals surface area contributed by atoms with E-state index in [1.54, 1.807) is 12.1 Å². The highest BCUT2D eigenvalue weighted by Gasteiger charge is 2.62. The van der Waals surface area contributed by atoms with Crippen molar-refractivity contribution in [3.63, 3.8) is 0 Å². The van der Waals surface area contributed by atoms with E-state index in [1.807, 2.05) is 0 Å². The molecule has 1 saturated carbocycles. The summed E-state index contributed by atoms with van der Waals surface area (Å²) in [6.45, 7) is 0. The number of esters is 1. The number of carbonyl (C=O) groups is 1. The highest BCUT2D eigenvalue weighted by atomic mass is 79.9. The number of benzene rings is 1. The third kappa shape index (κ3) is 1.89. The Hall–Kier alpha value is -0.880. The molecule has 1 aromatic rings. The molecular formula is C11H11BrO4S. The number of hydrogen-bond donors (Lipinski definition) is 0. The van der Waals surface area contributed by atoms with Crippen molar-refractivity contribution in [2.24, 2.45) is 0 Å². The summed E-state index contributed by atoms with van der Waals surface area (Å²) in [6.07, 6.45) is 0.663. The second-order valence-corrected chi connectivity index (χ2v) is 7.12. The first-order valence-electron chi connectivity index (χ1n) is 5.03. The van der Waals surface area contributed by atoms with Gasteiger partial charge in [0.25, 0.3) is 0 Å². The Balaban J connectivity index is 2.44. The Morgan fingerprint density at radius 2 is 1.82 bits per heavy atom. The van der Waals surface area contributed by atoms with Crippen molar-refractivity contribution in [2.45, 2.75) is 22.5 Å². The highest BCUT2D eigenvalue weighted by molar-refractivity contribution is 9.10. The fourth-order valence-corrected chi connectivity index (χ4v) is 3.87. The van der Waals surface area contributed by atoms with Crippen molar-refractivity contribution >= 4 is 31.7 Å². The fourth-order valence-electron chi connectivity index (χ4n) is 1.72. The van der Waals surface area contributed by atoms with Crippen LogP contribution in [0, 0.1) is 0 Å².